The molecule has 29 heavy (non-hydrogen) atoms. The van der Waals surface area contributed by atoms with Gasteiger partial charge in [-0.05, 0) is 37.1 Å². The highest BCUT2D eigenvalue weighted by atomic mass is 16.5. The number of hydrogen-bond donors (Lipinski definition) is 0. The predicted octanol–water partition coefficient (Wildman–Crippen LogP) is 3.48. The van der Waals surface area contributed by atoms with Crippen LogP contribution in [-0.4, -0.2) is 63.6 Å². The lowest BCUT2D eigenvalue weighted by atomic mass is 10.1. The van der Waals surface area contributed by atoms with Gasteiger partial charge in [-0.2, -0.15) is 5.10 Å². The third-order valence-corrected chi connectivity index (χ3v) is 5.30. The van der Waals surface area contributed by atoms with E-state index in [2.05, 4.69) is 47.1 Å². The van der Waals surface area contributed by atoms with E-state index in [9.17, 15) is 0 Å². The zero-order valence-corrected chi connectivity index (χ0v) is 18.1. The molecule has 1 heterocycles. The maximum atomic E-state index is 5.41. The lowest BCUT2D eigenvalue weighted by Crippen LogP contribution is -2.43. The Morgan fingerprint density at radius 2 is 1.55 bits per heavy atom. The fourth-order valence-corrected chi connectivity index (χ4v) is 3.60. The Labute approximate surface area is 173 Å². The van der Waals surface area contributed by atoms with E-state index < -0.39 is 0 Å². The van der Waals surface area contributed by atoms with Crippen molar-refractivity contribution in [1.82, 2.24) is 9.91 Å². The van der Waals surface area contributed by atoms with Crippen molar-refractivity contribution in [3.8, 4) is 17.2 Å². The SMILES string of the molecule is COc1cc(C=NN2CCN(Cc3ccc(C)cc3C)CC2)cc(OC)c1OC. The normalized spacial score (nSPS) is 15.0. The van der Waals surface area contributed by atoms with E-state index in [1.165, 1.54) is 16.7 Å². The van der Waals surface area contributed by atoms with E-state index in [-0.39, 0.29) is 0 Å². The molecule has 1 saturated heterocycles. The van der Waals surface area contributed by atoms with Gasteiger partial charge in [0.1, 0.15) is 0 Å². The highest BCUT2D eigenvalue weighted by molar-refractivity contribution is 5.82. The molecule has 0 bridgehead atoms. The van der Waals surface area contributed by atoms with E-state index in [4.69, 9.17) is 14.2 Å². The maximum absolute atomic E-state index is 5.41. The summed E-state index contributed by atoms with van der Waals surface area (Å²) in [4.78, 5) is 2.49. The third-order valence-electron chi connectivity index (χ3n) is 5.30. The van der Waals surface area contributed by atoms with Gasteiger partial charge in [-0.25, -0.2) is 0 Å². The Morgan fingerprint density at radius 3 is 2.10 bits per heavy atom. The first-order valence-corrected chi connectivity index (χ1v) is 9.91. The molecule has 1 aliphatic rings. The van der Waals surface area contributed by atoms with Gasteiger partial charge in [0, 0.05) is 38.3 Å². The Hall–Kier alpha value is -2.73. The fraction of sp³-hybridized carbons (Fsp3) is 0.435. The third kappa shape index (κ3) is 5.21. The van der Waals surface area contributed by atoms with Gasteiger partial charge >= 0.3 is 0 Å². The molecule has 0 radical (unpaired) electrons. The van der Waals surface area contributed by atoms with Gasteiger partial charge in [0.25, 0.3) is 0 Å². The standard InChI is InChI=1S/C23H31N3O3/c1-17-6-7-20(18(2)12-17)16-25-8-10-26(11-9-25)24-15-19-13-21(27-3)23(29-5)22(14-19)28-4/h6-7,12-15H,8-11,16H2,1-5H3. The minimum atomic E-state index is 0.590. The monoisotopic (exact) mass is 397 g/mol. The minimum absolute atomic E-state index is 0.590. The van der Waals surface area contributed by atoms with Crippen LogP contribution in [0.15, 0.2) is 35.4 Å². The molecule has 0 N–H and O–H groups in total. The number of nitrogens with zero attached hydrogens (tertiary/aromatic N) is 3. The molecular formula is C23H31N3O3. The Bertz CT molecular complexity index is 833. The van der Waals surface area contributed by atoms with Crippen LogP contribution in [0.2, 0.25) is 0 Å². The summed E-state index contributed by atoms with van der Waals surface area (Å²) in [5, 5.41) is 6.77. The van der Waals surface area contributed by atoms with Crippen molar-refractivity contribution < 1.29 is 14.2 Å². The van der Waals surface area contributed by atoms with Gasteiger partial charge in [-0.15, -0.1) is 0 Å². The van der Waals surface area contributed by atoms with Crippen LogP contribution in [0.3, 0.4) is 0 Å². The molecule has 6 nitrogen and oxygen atoms in total. The molecule has 1 fully saturated rings. The molecule has 2 aromatic rings. The summed E-state index contributed by atoms with van der Waals surface area (Å²) < 4.78 is 16.2. The van der Waals surface area contributed by atoms with Gasteiger partial charge in [-0.3, -0.25) is 9.91 Å². The van der Waals surface area contributed by atoms with Crippen LogP contribution in [0.1, 0.15) is 22.3 Å². The first kappa shape index (κ1) is 21.0. The van der Waals surface area contributed by atoms with Crippen LogP contribution in [0, 0.1) is 13.8 Å². The lowest BCUT2D eigenvalue weighted by Gasteiger charge is -2.33. The Morgan fingerprint density at radius 1 is 0.897 bits per heavy atom. The molecule has 0 spiro atoms. The van der Waals surface area contributed by atoms with E-state index in [1.807, 2.05) is 18.3 Å². The number of methoxy groups -OCH3 is 3. The molecule has 0 amide bonds. The summed E-state index contributed by atoms with van der Waals surface area (Å²) in [5.74, 6) is 1.85. The van der Waals surface area contributed by atoms with Crippen LogP contribution >= 0.6 is 0 Å². The highest BCUT2D eigenvalue weighted by Gasteiger charge is 2.17. The molecule has 0 aliphatic carbocycles. The smallest absolute Gasteiger partial charge is 0.203 e. The van der Waals surface area contributed by atoms with Crippen molar-refractivity contribution in [3.05, 3.63) is 52.6 Å². The Balaban J connectivity index is 1.60. The fourth-order valence-electron chi connectivity index (χ4n) is 3.60. The number of rotatable bonds is 7. The average Bonchev–Trinajstić information content (AvgIpc) is 2.74. The molecule has 0 saturated carbocycles. The highest BCUT2D eigenvalue weighted by Crippen LogP contribution is 2.37. The van der Waals surface area contributed by atoms with Crippen molar-refractivity contribution in [2.75, 3.05) is 47.5 Å². The van der Waals surface area contributed by atoms with Crippen molar-refractivity contribution >= 4 is 6.21 Å². The molecule has 0 unspecified atom stereocenters. The Kier molecular flexibility index (Phi) is 6.99. The molecule has 3 rings (SSSR count). The van der Waals surface area contributed by atoms with Crippen molar-refractivity contribution in [1.29, 1.82) is 0 Å². The molecule has 0 aromatic heterocycles. The number of ether oxygens (including phenoxy) is 3. The van der Waals surface area contributed by atoms with Crippen LogP contribution in [0.4, 0.5) is 0 Å². The van der Waals surface area contributed by atoms with E-state index in [0.29, 0.717) is 17.2 Å². The molecule has 6 heteroatoms. The van der Waals surface area contributed by atoms with Crippen LogP contribution < -0.4 is 14.2 Å². The number of hydrogen-bond acceptors (Lipinski definition) is 6. The largest absolute Gasteiger partial charge is 0.493 e. The first-order chi connectivity index (χ1) is 14.0. The van der Waals surface area contributed by atoms with Crippen molar-refractivity contribution in [2.24, 2.45) is 5.10 Å². The maximum Gasteiger partial charge on any atom is 0.203 e. The second kappa shape index (κ2) is 9.65. The van der Waals surface area contributed by atoms with Gasteiger partial charge in [0.2, 0.25) is 5.75 Å². The van der Waals surface area contributed by atoms with Crippen LogP contribution in [0.25, 0.3) is 0 Å². The number of hydrazone groups is 1. The average molecular weight is 398 g/mol. The molecule has 2 aromatic carbocycles. The summed E-state index contributed by atoms with van der Waals surface area (Å²) in [6.45, 7) is 9.15. The summed E-state index contributed by atoms with van der Waals surface area (Å²) in [5.41, 5.74) is 5.01. The van der Waals surface area contributed by atoms with Crippen LogP contribution in [0.5, 0.6) is 17.2 Å². The minimum Gasteiger partial charge on any atom is -0.493 e. The van der Waals surface area contributed by atoms with Gasteiger partial charge in [0.15, 0.2) is 11.5 Å². The van der Waals surface area contributed by atoms with Gasteiger partial charge < -0.3 is 14.2 Å². The summed E-state index contributed by atoms with van der Waals surface area (Å²) >= 11 is 0. The quantitative estimate of drug-likeness (QED) is 0.670. The lowest BCUT2D eigenvalue weighted by molar-refractivity contribution is 0.131. The molecule has 0 atom stereocenters. The molecule has 1 aliphatic heterocycles. The van der Waals surface area contributed by atoms with Crippen molar-refractivity contribution in [2.45, 2.75) is 20.4 Å². The molecular weight excluding hydrogens is 366 g/mol. The predicted molar refractivity (Wildman–Crippen MR) is 116 cm³/mol. The number of aryl methyl sites for hydroxylation is 2. The number of piperazine rings is 1. The topological polar surface area (TPSA) is 46.5 Å². The molecule has 156 valence electrons. The summed E-state index contributed by atoms with van der Waals surface area (Å²) in [6, 6.07) is 10.5. The van der Waals surface area contributed by atoms with Crippen LogP contribution in [-0.2, 0) is 6.54 Å². The second-order valence-electron chi connectivity index (χ2n) is 7.36. The second-order valence-corrected chi connectivity index (χ2v) is 7.36. The zero-order chi connectivity index (χ0) is 20.8. The summed E-state index contributed by atoms with van der Waals surface area (Å²) in [6.07, 6.45) is 1.85. The van der Waals surface area contributed by atoms with E-state index in [1.54, 1.807) is 21.3 Å². The van der Waals surface area contributed by atoms with E-state index >= 15 is 0 Å². The van der Waals surface area contributed by atoms with Gasteiger partial charge in [0.05, 0.1) is 27.5 Å². The first-order valence-electron chi connectivity index (χ1n) is 9.91. The zero-order valence-electron chi connectivity index (χ0n) is 18.1. The summed E-state index contributed by atoms with van der Waals surface area (Å²) in [7, 11) is 4.84. The van der Waals surface area contributed by atoms with Gasteiger partial charge in [-0.1, -0.05) is 23.8 Å². The van der Waals surface area contributed by atoms with Crippen molar-refractivity contribution in [3.63, 3.8) is 0 Å². The van der Waals surface area contributed by atoms with E-state index in [0.717, 1.165) is 38.3 Å². The number of benzene rings is 2.